The van der Waals surface area contributed by atoms with Crippen molar-refractivity contribution in [3.8, 4) is 5.75 Å². The summed E-state index contributed by atoms with van der Waals surface area (Å²) in [4.78, 5) is 0. The number of hydrogen-bond donors (Lipinski definition) is 1. The van der Waals surface area contributed by atoms with Gasteiger partial charge < -0.3 is 9.84 Å². The minimum absolute atomic E-state index is 0.424. The first-order valence-corrected chi connectivity index (χ1v) is 6.59. The topological polar surface area (TPSA) is 47.3 Å². The van der Waals surface area contributed by atoms with E-state index in [-0.39, 0.29) is 0 Å². The summed E-state index contributed by atoms with van der Waals surface area (Å²) in [7, 11) is 0. The number of aryl methyl sites for hydroxylation is 1. The molecule has 1 N–H and O–H groups in total. The van der Waals surface area contributed by atoms with Crippen molar-refractivity contribution in [3.05, 3.63) is 46.7 Å². The monoisotopic (exact) mass is 280 g/mol. The van der Waals surface area contributed by atoms with Crippen LogP contribution in [0.2, 0.25) is 5.02 Å². The first-order chi connectivity index (χ1) is 9.10. The number of halogens is 1. The number of rotatable bonds is 5. The molecule has 2 rings (SSSR count). The molecule has 5 heteroatoms. The predicted molar refractivity (Wildman–Crippen MR) is 74.3 cm³/mol. The van der Waals surface area contributed by atoms with E-state index in [0.29, 0.717) is 17.4 Å². The summed E-state index contributed by atoms with van der Waals surface area (Å²) in [5, 5.41) is 14.1. The zero-order chi connectivity index (χ0) is 13.8. The summed E-state index contributed by atoms with van der Waals surface area (Å²) in [6.07, 6.45) is 3.19. The molecule has 0 unspecified atom stereocenters. The highest BCUT2D eigenvalue weighted by Gasteiger charge is 2.07. The summed E-state index contributed by atoms with van der Waals surface area (Å²) >= 11 is 6.12. The van der Waals surface area contributed by atoms with Gasteiger partial charge in [0, 0.05) is 18.3 Å². The van der Waals surface area contributed by atoms with Gasteiger partial charge in [-0.25, -0.2) is 0 Å². The van der Waals surface area contributed by atoms with Crippen molar-refractivity contribution >= 4 is 11.6 Å². The lowest BCUT2D eigenvalue weighted by molar-refractivity contribution is 0.199. The third-order valence-corrected chi connectivity index (χ3v) is 3.14. The Hall–Kier alpha value is -1.52. The fourth-order valence-corrected chi connectivity index (χ4v) is 1.95. The highest BCUT2D eigenvalue weighted by molar-refractivity contribution is 6.32. The van der Waals surface area contributed by atoms with Crippen LogP contribution in [-0.4, -0.2) is 14.9 Å². The summed E-state index contributed by atoms with van der Waals surface area (Å²) in [6, 6.07) is 5.30. The number of nitrogens with zero attached hydrogens (tertiary/aromatic N) is 2. The normalized spacial score (nSPS) is 12.4. The highest BCUT2D eigenvalue weighted by atomic mass is 35.5. The van der Waals surface area contributed by atoms with Gasteiger partial charge in [-0.1, -0.05) is 17.7 Å². The first-order valence-electron chi connectivity index (χ1n) is 6.21. The molecule has 1 aromatic carbocycles. The van der Waals surface area contributed by atoms with E-state index in [9.17, 15) is 5.11 Å². The molecule has 19 heavy (non-hydrogen) atoms. The Kier molecular flexibility index (Phi) is 4.45. The molecule has 1 aromatic heterocycles. The SMILES string of the molecule is CCn1cc(COc2ccc([C@@H](C)O)cc2Cl)cn1. The molecule has 0 aliphatic carbocycles. The van der Waals surface area contributed by atoms with E-state index in [4.69, 9.17) is 16.3 Å². The Morgan fingerprint density at radius 3 is 2.84 bits per heavy atom. The minimum Gasteiger partial charge on any atom is -0.487 e. The van der Waals surface area contributed by atoms with Crippen LogP contribution >= 0.6 is 11.6 Å². The van der Waals surface area contributed by atoms with Crippen LogP contribution in [0.3, 0.4) is 0 Å². The quantitative estimate of drug-likeness (QED) is 0.915. The zero-order valence-corrected chi connectivity index (χ0v) is 11.8. The van der Waals surface area contributed by atoms with E-state index in [1.165, 1.54) is 0 Å². The lowest BCUT2D eigenvalue weighted by Crippen LogP contribution is -1.97. The summed E-state index contributed by atoms with van der Waals surface area (Å²) in [5.41, 5.74) is 1.77. The van der Waals surface area contributed by atoms with Gasteiger partial charge >= 0.3 is 0 Å². The van der Waals surface area contributed by atoms with Crippen molar-refractivity contribution < 1.29 is 9.84 Å². The van der Waals surface area contributed by atoms with Crippen LogP contribution in [0.4, 0.5) is 0 Å². The fourth-order valence-electron chi connectivity index (χ4n) is 1.71. The van der Waals surface area contributed by atoms with Crippen LogP contribution in [-0.2, 0) is 13.2 Å². The maximum absolute atomic E-state index is 9.47. The molecule has 1 heterocycles. The van der Waals surface area contributed by atoms with Crippen molar-refractivity contribution in [1.82, 2.24) is 9.78 Å². The van der Waals surface area contributed by atoms with Crippen molar-refractivity contribution in [2.45, 2.75) is 33.1 Å². The molecule has 0 saturated carbocycles. The van der Waals surface area contributed by atoms with E-state index in [1.54, 1.807) is 31.3 Å². The Labute approximate surface area is 117 Å². The highest BCUT2D eigenvalue weighted by Crippen LogP contribution is 2.28. The molecule has 102 valence electrons. The van der Waals surface area contributed by atoms with Crippen molar-refractivity contribution in [3.63, 3.8) is 0 Å². The Bertz CT molecular complexity index is 552. The molecular formula is C14H17ClN2O2. The van der Waals surface area contributed by atoms with Crippen LogP contribution in [0.1, 0.15) is 31.1 Å². The standard InChI is InChI=1S/C14H17ClN2O2/c1-3-17-8-11(7-16-17)9-19-14-5-4-12(10(2)18)6-13(14)15/h4-8,10,18H,3,9H2,1-2H3/t10-/m1/s1. The number of hydrogen-bond acceptors (Lipinski definition) is 3. The molecule has 0 bridgehead atoms. The van der Waals surface area contributed by atoms with Gasteiger partial charge in [0.25, 0.3) is 0 Å². The molecule has 2 aromatic rings. The van der Waals surface area contributed by atoms with Gasteiger partial charge in [-0.15, -0.1) is 0 Å². The number of aliphatic hydroxyl groups excluding tert-OH is 1. The molecule has 0 spiro atoms. The lowest BCUT2D eigenvalue weighted by atomic mass is 10.1. The fraction of sp³-hybridized carbons (Fsp3) is 0.357. The van der Waals surface area contributed by atoms with E-state index < -0.39 is 6.10 Å². The second-order valence-corrected chi connectivity index (χ2v) is 4.77. The molecule has 0 radical (unpaired) electrons. The molecule has 0 fully saturated rings. The van der Waals surface area contributed by atoms with Gasteiger partial charge in [-0.05, 0) is 31.5 Å². The van der Waals surface area contributed by atoms with E-state index in [2.05, 4.69) is 5.10 Å². The summed E-state index contributed by atoms with van der Waals surface area (Å²) in [5.74, 6) is 0.607. The van der Waals surface area contributed by atoms with Crippen LogP contribution < -0.4 is 4.74 Å². The van der Waals surface area contributed by atoms with Crippen molar-refractivity contribution in [1.29, 1.82) is 0 Å². The molecule has 1 atom stereocenters. The first kappa shape index (κ1) is 13.9. The lowest BCUT2D eigenvalue weighted by Gasteiger charge is -2.10. The second-order valence-electron chi connectivity index (χ2n) is 4.36. The van der Waals surface area contributed by atoms with E-state index >= 15 is 0 Å². The molecule has 0 aliphatic rings. The van der Waals surface area contributed by atoms with Gasteiger partial charge in [0.15, 0.2) is 0 Å². The van der Waals surface area contributed by atoms with E-state index in [0.717, 1.165) is 17.7 Å². The molecule has 0 amide bonds. The molecular weight excluding hydrogens is 264 g/mol. The van der Waals surface area contributed by atoms with E-state index in [1.807, 2.05) is 17.8 Å². The Morgan fingerprint density at radius 2 is 2.26 bits per heavy atom. The van der Waals surface area contributed by atoms with Crippen molar-refractivity contribution in [2.75, 3.05) is 0 Å². The number of ether oxygens (including phenoxy) is 1. The molecule has 0 saturated heterocycles. The summed E-state index contributed by atoms with van der Waals surface area (Å²) in [6.45, 7) is 4.99. The Balaban J connectivity index is 2.03. The smallest absolute Gasteiger partial charge is 0.138 e. The molecule has 4 nitrogen and oxygen atoms in total. The maximum atomic E-state index is 9.47. The van der Waals surface area contributed by atoms with Gasteiger partial charge in [-0.3, -0.25) is 4.68 Å². The Morgan fingerprint density at radius 1 is 1.47 bits per heavy atom. The van der Waals surface area contributed by atoms with Crippen LogP contribution in [0, 0.1) is 0 Å². The number of aliphatic hydroxyl groups is 1. The van der Waals surface area contributed by atoms with Crippen LogP contribution in [0.15, 0.2) is 30.6 Å². The van der Waals surface area contributed by atoms with Crippen LogP contribution in [0.5, 0.6) is 5.75 Å². The largest absolute Gasteiger partial charge is 0.487 e. The third kappa shape index (κ3) is 3.49. The maximum Gasteiger partial charge on any atom is 0.138 e. The molecule has 0 aliphatic heterocycles. The minimum atomic E-state index is -0.533. The number of aromatic nitrogens is 2. The average molecular weight is 281 g/mol. The van der Waals surface area contributed by atoms with Gasteiger partial charge in [0.2, 0.25) is 0 Å². The van der Waals surface area contributed by atoms with Gasteiger partial charge in [0.1, 0.15) is 12.4 Å². The van der Waals surface area contributed by atoms with Crippen molar-refractivity contribution in [2.24, 2.45) is 0 Å². The van der Waals surface area contributed by atoms with Crippen LogP contribution in [0.25, 0.3) is 0 Å². The zero-order valence-electron chi connectivity index (χ0n) is 11.0. The summed E-state index contributed by atoms with van der Waals surface area (Å²) < 4.78 is 7.49. The number of benzene rings is 1. The van der Waals surface area contributed by atoms with Gasteiger partial charge in [0.05, 0.1) is 17.3 Å². The average Bonchev–Trinajstić information content (AvgIpc) is 2.85. The van der Waals surface area contributed by atoms with Gasteiger partial charge in [-0.2, -0.15) is 5.10 Å². The third-order valence-electron chi connectivity index (χ3n) is 2.84. The second kappa shape index (κ2) is 6.08. The predicted octanol–water partition coefficient (Wildman–Crippen LogP) is 3.19.